The molecule has 2 nitrogen and oxygen atoms in total. The van der Waals surface area contributed by atoms with Crippen LogP contribution in [0.15, 0.2) is 18.5 Å². The van der Waals surface area contributed by atoms with Crippen LogP contribution in [0.3, 0.4) is 0 Å². The molecule has 3 atom stereocenters. The maximum atomic E-state index is 6.02. The van der Waals surface area contributed by atoms with Crippen molar-refractivity contribution in [3.63, 3.8) is 0 Å². The lowest BCUT2D eigenvalue weighted by Gasteiger charge is -2.42. The van der Waals surface area contributed by atoms with E-state index in [1.54, 1.807) is 0 Å². The standard InChI is InChI=1S/C17H28N2/c1-12-7-8-19-11-16(12)15-9-14(17(2,3)4)6-5-13(15)10-18/h7-8,11,13-15H,5-6,9-10,18H2,1-4H3. The summed E-state index contributed by atoms with van der Waals surface area (Å²) in [7, 11) is 0. The van der Waals surface area contributed by atoms with Crippen LogP contribution >= 0.6 is 0 Å². The van der Waals surface area contributed by atoms with Gasteiger partial charge >= 0.3 is 0 Å². The van der Waals surface area contributed by atoms with E-state index < -0.39 is 0 Å². The summed E-state index contributed by atoms with van der Waals surface area (Å²) in [6.45, 7) is 10.1. The van der Waals surface area contributed by atoms with Gasteiger partial charge in [0.15, 0.2) is 0 Å². The minimum absolute atomic E-state index is 0.397. The topological polar surface area (TPSA) is 38.9 Å². The molecule has 2 N–H and O–H groups in total. The summed E-state index contributed by atoms with van der Waals surface area (Å²) in [4.78, 5) is 4.34. The molecule has 1 fully saturated rings. The summed E-state index contributed by atoms with van der Waals surface area (Å²) in [6.07, 6.45) is 7.80. The fourth-order valence-corrected chi connectivity index (χ4v) is 3.55. The van der Waals surface area contributed by atoms with Crippen molar-refractivity contribution in [1.29, 1.82) is 0 Å². The number of hydrogen-bond acceptors (Lipinski definition) is 2. The molecule has 0 radical (unpaired) electrons. The highest BCUT2D eigenvalue weighted by Crippen LogP contribution is 2.46. The van der Waals surface area contributed by atoms with Crippen LogP contribution in [0.2, 0.25) is 0 Å². The zero-order chi connectivity index (χ0) is 14.0. The second-order valence-corrected chi connectivity index (χ2v) is 7.21. The van der Waals surface area contributed by atoms with Gasteiger partial charge in [-0.1, -0.05) is 20.8 Å². The first-order valence-corrected chi connectivity index (χ1v) is 7.54. The van der Waals surface area contributed by atoms with Crippen LogP contribution in [0.1, 0.15) is 57.1 Å². The highest BCUT2D eigenvalue weighted by atomic mass is 14.6. The monoisotopic (exact) mass is 260 g/mol. The first-order chi connectivity index (χ1) is 8.93. The van der Waals surface area contributed by atoms with Gasteiger partial charge in [-0.2, -0.15) is 0 Å². The molecule has 106 valence electrons. The number of hydrogen-bond donors (Lipinski definition) is 1. The lowest BCUT2D eigenvalue weighted by molar-refractivity contribution is 0.132. The second-order valence-electron chi connectivity index (χ2n) is 7.21. The predicted octanol–water partition coefficient (Wildman–Crippen LogP) is 3.89. The summed E-state index contributed by atoms with van der Waals surface area (Å²) in [5, 5.41) is 0. The first-order valence-electron chi connectivity index (χ1n) is 7.54. The van der Waals surface area contributed by atoms with E-state index in [9.17, 15) is 0 Å². The van der Waals surface area contributed by atoms with Gasteiger partial charge in [0.05, 0.1) is 0 Å². The van der Waals surface area contributed by atoms with Crippen molar-refractivity contribution in [3.8, 4) is 0 Å². The van der Waals surface area contributed by atoms with Gasteiger partial charge in [-0.3, -0.25) is 4.98 Å². The van der Waals surface area contributed by atoms with Crippen LogP contribution in [0.25, 0.3) is 0 Å². The Morgan fingerprint density at radius 3 is 2.63 bits per heavy atom. The van der Waals surface area contributed by atoms with E-state index in [0.717, 1.165) is 12.5 Å². The third-order valence-electron chi connectivity index (χ3n) is 5.00. The average molecular weight is 260 g/mol. The molecule has 0 saturated heterocycles. The van der Waals surface area contributed by atoms with E-state index in [4.69, 9.17) is 5.73 Å². The van der Waals surface area contributed by atoms with E-state index in [1.807, 2.05) is 6.20 Å². The zero-order valence-electron chi connectivity index (χ0n) is 12.8. The van der Waals surface area contributed by atoms with E-state index in [0.29, 0.717) is 17.3 Å². The Bertz CT molecular complexity index is 420. The third-order valence-corrected chi connectivity index (χ3v) is 5.00. The molecule has 1 aromatic rings. The largest absolute Gasteiger partial charge is 0.330 e. The number of aromatic nitrogens is 1. The lowest BCUT2D eigenvalue weighted by Crippen LogP contribution is -2.34. The van der Waals surface area contributed by atoms with Crippen LogP contribution in [0.4, 0.5) is 0 Å². The predicted molar refractivity (Wildman–Crippen MR) is 81.1 cm³/mol. The molecule has 0 amide bonds. The van der Waals surface area contributed by atoms with Gasteiger partial charge in [-0.15, -0.1) is 0 Å². The van der Waals surface area contributed by atoms with Gasteiger partial charge in [0, 0.05) is 12.4 Å². The van der Waals surface area contributed by atoms with Crippen molar-refractivity contribution < 1.29 is 0 Å². The Morgan fingerprint density at radius 2 is 2.05 bits per heavy atom. The Balaban J connectivity index is 2.26. The maximum Gasteiger partial charge on any atom is 0.0305 e. The van der Waals surface area contributed by atoms with Crippen molar-refractivity contribution in [2.75, 3.05) is 6.54 Å². The number of aryl methyl sites for hydroxylation is 1. The molecule has 0 spiro atoms. The Kier molecular flexibility index (Phi) is 4.29. The second kappa shape index (κ2) is 5.62. The van der Waals surface area contributed by atoms with Crippen molar-refractivity contribution in [2.45, 2.75) is 52.9 Å². The number of nitrogens with two attached hydrogens (primary N) is 1. The molecule has 0 aromatic carbocycles. The molecular weight excluding hydrogens is 232 g/mol. The molecule has 1 heterocycles. The molecule has 19 heavy (non-hydrogen) atoms. The van der Waals surface area contributed by atoms with Crippen molar-refractivity contribution in [1.82, 2.24) is 4.98 Å². The molecule has 1 aromatic heterocycles. The number of pyridine rings is 1. The number of nitrogens with zero attached hydrogens (tertiary/aromatic N) is 1. The Hall–Kier alpha value is -0.890. The summed E-state index contributed by atoms with van der Waals surface area (Å²) in [6, 6.07) is 2.13. The zero-order valence-corrected chi connectivity index (χ0v) is 12.8. The molecular formula is C17H28N2. The fraction of sp³-hybridized carbons (Fsp3) is 0.706. The molecule has 2 rings (SSSR count). The van der Waals surface area contributed by atoms with E-state index in [-0.39, 0.29) is 0 Å². The average Bonchev–Trinajstić information content (AvgIpc) is 2.37. The van der Waals surface area contributed by atoms with Gasteiger partial charge in [-0.05, 0) is 73.1 Å². The normalized spacial score (nSPS) is 28.4. The SMILES string of the molecule is Cc1ccncc1C1CC(C(C)(C)C)CCC1CN. The molecule has 1 aliphatic carbocycles. The summed E-state index contributed by atoms with van der Waals surface area (Å²) >= 11 is 0. The van der Waals surface area contributed by atoms with Crippen molar-refractivity contribution in [3.05, 3.63) is 29.6 Å². The first kappa shape index (κ1) is 14.5. The van der Waals surface area contributed by atoms with Crippen LogP contribution < -0.4 is 5.73 Å². The van der Waals surface area contributed by atoms with Gasteiger partial charge in [0.1, 0.15) is 0 Å². The molecule has 2 heteroatoms. The lowest BCUT2D eigenvalue weighted by atomic mass is 9.64. The quantitative estimate of drug-likeness (QED) is 0.876. The van der Waals surface area contributed by atoms with E-state index in [1.165, 1.54) is 30.4 Å². The van der Waals surface area contributed by atoms with Crippen LogP contribution in [-0.2, 0) is 0 Å². The van der Waals surface area contributed by atoms with Gasteiger partial charge in [0.25, 0.3) is 0 Å². The van der Waals surface area contributed by atoms with E-state index >= 15 is 0 Å². The van der Waals surface area contributed by atoms with Crippen LogP contribution in [0.5, 0.6) is 0 Å². The molecule has 1 aliphatic rings. The van der Waals surface area contributed by atoms with Gasteiger partial charge in [-0.25, -0.2) is 0 Å². The molecule has 1 saturated carbocycles. The maximum absolute atomic E-state index is 6.02. The summed E-state index contributed by atoms with van der Waals surface area (Å²) in [5.74, 6) is 2.01. The summed E-state index contributed by atoms with van der Waals surface area (Å²) in [5.41, 5.74) is 9.20. The summed E-state index contributed by atoms with van der Waals surface area (Å²) < 4.78 is 0. The van der Waals surface area contributed by atoms with Crippen molar-refractivity contribution in [2.24, 2.45) is 23.0 Å². The highest BCUT2D eigenvalue weighted by Gasteiger charge is 2.36. The van der Waals surface area contributed by atoms with Crippen molar-refractivity contribution >= 4 is 0 Å². The smallest absolute Gasteiger partial charge is 0.0305 e. The molecule has 0 aliphatic heterocycles. The van der Waals surface area contributed by atoms with E-state index in [2.05, 4.69) is 44.9 Å². The Labute approximate surface area is 117 Å². The number of rotatable bonds is 2. The van der Waals surface area contributed by atoms with Crippen LogP contribution in [-0.4, -0.2) is 11.5 Å². The third kappa shape index (κ3) is 3.17. The molecule has 0 bridgehead atoms. The Morgan fingerprint density at radius 1 is 1.32 bits per heavy atom. The van der Waals surface area contributed by atoms with Gasteiger partial charge < -0.3 is 5.73 Å². The highest BCUT2D eigenvalue weighted by molar-refractivity contribution is 5.27. The minimum atomic E-state index is 0.397. The van der Waals surface area contributed by atoms with Gasteiger partial charge in [0.2, 0.25) is 0 Å². The minimum Gasteiger partial charge on any atom is -0.330 e. The van der Waals surface area contributed by atoms with Crippen LogP contribution in [0, 0.1) is 24.2 Å². The molecule has 3 unspecified atom stereocenters. The fourth-order valence-electron chi connectivity index (χ4n) is 3.55.